The third kappa shape index (κ3) is 2.46. The Balaban J connectivity index is 1.76. The molecule has 1 aromatic heterocycles. The van der Waals surface area contributed by atoms with E-state index in [9.17, 15) is 4.79 Å². The number of benzene rings is 1. The zero-order valence-electron chi connectivity index (χ0n) is 9.94. The molecule has 7 heteroatoms. The summed E-state index contributed by atoms with van der Waals surface area (Å²) in [6.45, 7) is 1.08. The standard InChI is InChI=1S/C12H11BrN4O2/c13-9-3-7-1-2-19-10(7)8(4-9)5-14-12(18)11-15-6-16-17-11/h3-4,6H,1-2,5H2,(H,14,18)(H,15,16,17). The zero-order chi connectivity index (χ0) is 13.2. The second-order valence-electron chi connectivity index (χ2n) is 4.17. The van der Waals surface area contributed by atoms with Crippen molar-refractivity contribution in [3.8, 4) is 5.75 Å². The lowest BCUT2D eigenvalue weighted by atomic mass is 10.1. The third-order valence-electron chi connectivity index (χ3n) is 2.89. The fourth-order valence-corrected chi connectivity index (χ4v) is 2.60. The number of aromatic amines is 1. The lowest BCUT2D eigenvalue weighted by Gasteiger charge is -2.09. The molecule has 1 aliphatic heterocycles. The van der Waals surface area contributed by atoms with E-state index in [1.807, 2.05) is 12.1 Å². The van der Waals surface area contributed by atoms with Crippen LogP contribution >= 0.6 is 15.9 Å². The number of rotatable bonds is 3. The van der Waals surface area contributed by atoms with Crippen molar-refractivity contribution in [3.05, 3.63) is 39.9 Å². The minimum atomic E-state index is -0.288. The average molecular weight is 323 g/mol. The number of hydrogen-bond acceptors (Lipinski definition) is 4. The fourth-order valence-electron chi connectivity index (χ4n) is 2.05. The number of nitrogens with one attached hydrogen (secondary N) is 2. The first-order valence-corrected chi connectivity index (χ1v) is 6.61. The van der Waals surface area contributed by atoms with Gasteiger partial charge in [-0.2, -0.15) is 5.10 Å². The minimum Gasteiger partial charge on any atom is -0.493 e. The van der Waals surface area contributed by atoms with E-state index in [2.05, 4.69) is 36.4 Å². The van der Waals surface area contributed by atoms with Crippen LogP contribution in [-0.4, -0.2) is 27.7 Å². The quantitative estimate of drug-likeness (QED) is 0.896. The summed E-state index contributed by atoms with van der Waals surface area (Å²) in [5, 5.41) is 8.95. The number of fused-ring (bicyclic) bond motifs is 1. The van der Waals surface area contributed by atoms with Gasteiger partial charge in [0.1, 0.15) is 12.1 Å². The van der Waals surface area contributed by atoms with Gasteiger partial charge in [-0.3, -0.25) is 9.89 Å². The van der Waals surface area contributed by atoms with Crippen LogP contribution in [0.2, 0.25) is 0 Å². The summed E-state index contributed by atoms with van der Waals surface area (Å²) < 4.78 is 6.59. The Hall–Kier alpha value is -1.89. The molecule has 0 spiro atoms. The number of nitrogens with zero attached hydrogens (tertiary/aromatic N) is 2. The summed E-state index contributed by atoms with van der Waals surface area (Å²) in [7, 11) is 0. The van der Waals surface area contributed by atoms with E-state index < -0.39 is 0 Å². The number of aromatic nitrogens is 3. The molecular formula is C12H11BrN4O2. The maximum atomic E-state index is 11.8. The van der Waals surface area contributed by atoms with Gasteiger partial charge < -0.3 is 10.1 Å². The summed E-state index contributed by atoms with van der Waals surface area (Å²) in [4.78, 5) is 15.6. The first-order chi connectivity index (χ1) is 9.24. The van der Waals surface area contributed by atoms with Crippen LogP contribution in [0.4, 0.5) is 0 Å². The van der Waals surface area contributed by atoms with E-state index in [1.54, 1.807) is 0 Å². The second-order valence-corrected chi connectivity index (χ2v) is 5.08. The number of carbonyl (C=O) groups excluding carboxylic acids is 1. The number of amides is 1. The molecular weight excluding hydrogens is 312 g/mol. The molecule has 0 bridgehead atoms. The lowest BCUT2D eigenvalue weighted by molar-refractivity contribution is 0.0940. The molecule has 2 aromatic rings. The van der Waals surface area contributed by atoms with E-state index in [0.29, 0.717) is 13.2 Å². The molecule has 0 radical (unpaired) electrons. The highest BCUT2D eigenvalue weighted by atomic mass is 79.9. The van der Waals surface area contributed by atoms with Crippen molar-refractivity contribution in [2.75, 3.05) is 6.61 Å². The van der Waals surface area contributed by atoms with Crippen molar-refractivity contribution in [3.63, 3.8) is 0 Å². The molecule has 0 unspecified atom stereocenters. The van der Waals surface area contributed by atoms with Crippen molar-refractivity contribution in [1.29, 1.82) is 0 Å². The molecule has 1 aliphatic rings. The number of ether oxygens (including phenoxy) is 1. The Bertz CT molecular complexity index is 612. The van der Waals surface area contributed by atoms with Crippen LogP contribution in [-0.2, 0) is 13.0 Å². The monoisotopic (exact) mass is 322 g/mol. The van der Waals surface area contributed by atoms with E-state index in [4.69, 9.17) is 4.74 Å². The fraction of sp³-hybridized carbons (Fsp3) is 0.250. The topological polar surface area (TPSA) is 79.9 Å². The summed E-state index contributed by atoms with van der Waals surface area (Å²) in [6, 6.07) is 3.99. The van der Waals surface area contributed by atoms with Crippen LogP contribution in [0.25, 0.3) is 0 Å². The van der Waals surface area contributed by atoms with Gasteiger partial charge in [0.2, 0.25) is 5.82 Å². The number of hydrogen-bond donors (Lipinski definition) is 2. The molecule has 2 N–H and O–H groups in total. The molecule has 1 amide bonds. The third-order valence-corrected chi connectivity index (χ3v) is 3.35. The molecule has 98 valence electrons. The molecule has 0 saturated carbocycles. The molecule has 0 aliphatic carbocycles. The Kier molecular flexibility index (Phi) is 3.20. The van der Waals surface area contributed by atoms with Gasteiger partial charge in [0.05, 0.1) is 6.61 Å². The highest BCUT2D eigenvalue weighted by Crippen LogP contribution is 2.32. The minimum absolute atomic E-state index is 0.201. The van der Waals surface area contributed by atoms with E-state index in [1.165, 1.54) is 11.9 Å². The first-order valence-electron chi connectivity index (χ1n) is 5.81. The Morgan fingerprint density at radius 3 is 3.21 bits per heavy atom. The largest absolute Gasteiger partial charge is 0.493 e. The van der Waals surface area contributed by atoms with Crippen molar-refractivity contribution >= 4 is 21.8 Å². The predicted molar refractivity (Wildman–Crippen MR) is 70.9 cm³/mol. The van der Waals surface area contributed by atoms with Crippen molar-refractivity contribution in [2.24, 2.45) is 0 Å². The summed E-state index contributed by atoms with van der Waals surface area (Å²) in [5.74, 6) is 0.790. The molecule has 0 atom stereocenters. The van der Waals surface area contributed by atoms with Gasteiger partial charge in [-0.05, 0) is 17.7 Å². The van der Waals surface area contributed by atoms with Crippen molar-refractivity contribution in [2.45, 2.75) is 13.0 Å². The van der Waals surface area contributed by atoms with Crippen LogP contribution in [0.1, 0.15) is 21.7 Å². The maximum Gasteiger partial charge on any atom is 0.288 e. The van der Waals surface area contributed by atoms with Gasteiger partial charge in [-0.25, -0.2) is 4.98 Å². The van der Waals surface area contributed by atoms with Crippen LogP contribution in [0.3, 0.4) is 0 Å². The van der Waals surface area contributed by atoms with Crippen LogP contribution in [0.15, 0.2) is 22.9 Å². The van der Waals surface area contributed by atoms with Gasteiger partial charge in [0.25, 0.3) is 5.91 Å². The molecule has 6 nitrogen and oxygen atoms in total. The van der Waals surface area contributed by atoms with E-state index in [-0.39, 0.29) is 11.7 Å². The summed E-state index contributed by atoms with van der Waals surface area (Å²) in [6.07, 6.45) is 2.20. The van der Waals surface area contributed by atoms with Gasteiger partial charge >= 0.3 is 0 Å². The number of carbonyl (C=O) groups is 1. The van der Waals surface area contributed by atoms with E-state index >= 15 is 0 Å². The van der Waals surface area contributed by atoms with Gasteiger partial charge in [-0.15, -0.1) is 0 Å². The van der Waals surface area contributed by atoms with E-state index in [0.717, 1.165) is 22.2 Å². The Morgan fingerprint density at radius 1 is 1.53 bits per heavy atom. The summed E-state index contributed by atoms with van der Waals surface area (Å²) in [5.41, 5.74) is 2.12. The molecule has 0 fully saturated rings. The van der Waals surface area contributed by atoms with Gasteiger partial charge in [0, 0.05) is 23.0 Å². The Morgan fingerprint density at radius 2 is 2.42 bits per heavy atom. The Labute approximate surface area is 117 Å². The average Bonchev–Trinajstić information content (AvgIpc) is 3.05. The van der Waals surface area contributed by atoms with Gasteiger partial charge in [-0.1, -0.05) is 15.9 Å². The zero-order valence-corrected chi connectivity index (χ0v) is 11.5. The smallest absolute Gasteiger partial charge is 0.288 e. The SMILES string of the molecule is O=C(NCc1cc(Br)cc2c1OCC2)c1ncn[nH]1. The molecule has 19 heavy (non-hydrogen) atoms. The lowest BCUT2D eigenvalue weighted by Crippen LogP contribution is -2.24. The molecule has 0 saturated heterocycles. The normalized spacial score (nSPS) is 12.9. The second kappa shape index (κ2) is 5.00. The molecule has 2 heterocycles. The molecule has 1 aromatic carbocycles. The number of halogens is 1. The van der Waals surface area contributed by atoms with Crippen LogP contribution in [0.5, 0.6) is 5.75 Å². The highest BCUT2D eigenvalue weighted by Gasteiger charge is 2.18. The number of H-pyrrole nitrogens is 1. The maximum absolute atomic E-state index is 11.8. The molecule has 3 rings (SSSR count). The van der Waals surface area contributed by atoms with Crippen LogP contribution in [0, 0.1) is 0 Å². The first kappa shape index (κ1) is 12.2. The van der Waals surface area contributed by atoms with Crippen LogP contribution < -0.4 is 10.1 Å². The summed E-state index contributed by atoms with van der Waals surface area (Å²) >= 11 is 3.46. The highest BCUT2D eigenvalue weighted by molar-refractivity contribution is 9.10. The predicted octanol–water partition coefficient (Wildman–Crippen LogP) is 1.43. The van der Waals surface area contributed by atoms with Gasteiger partial charge in [0.15, 0.2) is 0 Å². The van der Waals surface area contributed by atoms with Crippen molar-refractivity contribution in [1.82, 2.24) is 20.5 Å². The van der Waals surface area contributed by atoms with Crippen molar-refractivity contribution < 1.29 is 9.53 Å².